The number of benzene rings is 1. The van der Waals surface area contributed by atoms with Gasteiger partial charge in [-0.25, -0.2) is 4.98 Å². The van der Waals surface area contributed by atoms with Crippen LogP contribution in [0.5, 0.6) is 0 Å². The molecule has 0 spiro atoms. The lowest BCUT2D eigenvalue weighted by atomic mass is 10.2. The third-order valence-corrected chi connectivity index (χ3v) is 3.58. The second-order valence-electron chi connectivity index (χ2n) is 4.66. The van der Waals surface area contributed by atoms with Gasteiger partial charge in [-0.2, -0.15) is 13.2 Å². The maximum absolute atomic E-state index is 12.8. The molecule has 2 aromatic rings. The number of nitrogens with zero attached hydrogens (tertiary/aromatic N) is 2. The fourth-order valence-corrected chi connectivity index (χ4v) is 2.66. The van der Waals surface area contributed by atoms with Crippen LogP contribution in [0.25, 0.3) is 11.3 Å². The maximum atomic E-state index is 12.8. The summed E-state index contributed by atoms with van der Waals surface area (Å²) >= 11 is 1.33. The quantitative estimate of drug-likeness (QED) is 0.767. The van der Waals surface area contributed by atoms with Crippen molar-refractivity contribution in [3.8, 4) is 11.3 Å². The molecule has 0 atom stereocenters. The van der Waals surface area contributed by atoms with Crippen molar-refractivity contribution in [2.45, 2.75) is 37.0 Å². The Kier molecular flexibility index (Phi) is 4.42. The van der Waals surface area contributed by atoms with Crippen molar-refractivity contribution in [1.29, 1.82) is 0 Å². The average molecular weight is 300 g/mol. The van der Waals surface area contributed by atoms with Gasteiger partial charge < -0.3 is 4.57 Å². The summed E-state index contributed by atoms with van der Waals surface area (Å²) in [7, 11) is 0. The summed E-state index contributed by atoms with van der Waals surface area (Å²) < 4.78 is 39.6. The molecule has 0 N–H and O–H groups in total. The third-order valence-electron chi connectivity index (χ3n) is 2.57. The number of aromatic nitrogens is 2. The zero-order valence-electron chi connectivity index (χ0n) is 11.2. The van der Waals surface area contributed by atoms with Gasteiger partial charge in [0.05, 0.1) is 11.9 Å². The van der Waals surface area contributed by atoms with E-state index in [1.807, 2.05) is 19.9 Å². The van der Waals surface area contributed by atoms with Crippen molar-refractivity contribution in [2.75, 3.05) is 0 Å². The topological polar surface area (TPSA) is 17.8 Å². The van der Waals surface area contributed by atoms with Crippen LogP contribution >= 0.6 is 11.8 Å². The molecule has 6 heteroatoms. The van der Waals surface area contributed by atoms with Gasteiger partial charge in [-0.1, -0.05) is 55.9 Å². The van der Waals surface area contributed by atoms with Gasteiger partial charge in [-0.3, -0.25) is 0 Å². The lowest BCUT2D eigenvalue weighted by Crippen LogP contribution is -2.19. The van der Waals surface area contributed by atoms with E-state index < -0.39 is 12.7 Å². The zero-order valence-corrected chi connectivity index (χ0v) is 12.0. The van der Waals surface area contributed by atoms with E-state index in [1.165, 1.54) is 22.5 Å². The zero-order chi connectivity index (χ0) is 14.8. The first-order valence-electron chi connectivity index (χ1n) is 6.21. The molecule has 0 saturated heterocycles. The normalized spacial score (nSPS) is 12.1. The van der Waals surface area contributed by atoms with Crippen LogP contribution in [0.15, 0.2) is 41.7 Å². The van der Waals surface area contributed by atoms with Gasteiger partial charge >= 0.3 is 6.18 Å². The largest absolute Gasteiger partial charge is 0.406 e. The van der Waals surface area contributed by atoms with E-state index in [2.05, 4.69) is 4.98 Å². The molecule has 0 fully saturated rings. The van der Waals surface area contributed by atoms with Gasteiger partial charge in [-0.15, -0.1) is 0 Å². The van der Waals surface area contributed by atoms with E-state index >= 15 is 0 Å². The van der Waals surface area contributed by atoms with Crippen LogP contribution < -0.4 is 0 Å². The molecule has 0 aliphatic heterocycles. The first-order chi connectivity index (χ1) is 9.37. The minimum absolute atomic E-state index is 0.174. The van der Waals surface area contributed by atoms with Crippen LogP contribution in [-0.2, 0) is 6.54 Å². The molecule has 0 bridgehead atoms. The summed E-state index contributed by atoms with van der Waals surface area (Å²) in [5, 5.41) is 0.573. The minimum Gasteiger partial charge on any atom is -0.310 e. The van der Waals surface area contributed by atoms with Crippen molar-refractivity contribution < 1.29 is 13.2 Å². The van der Waals surface area contributed by atoms with Gasteiger partial charge in [-0.05, 0) is 5.56 Å². The molecule has 1 heterocycles. The molecule has 0 saturated carbocycles. The molecular weight excluding hydrogens is 285 g/mol. The number of alkyl halides is 3. The highest BCUT2D eigenvalue weighted by Crippen LogP contribution is 2.31. The molecule has 1 aromatic heterocycles. The van der Waals surface area contributed by atoms with Crippen LogP contribution in [0, 0.1) is 0 Å². The third kappa shape index (κ3) is 3.79. The maximum Gasteiger partial charge on any atom is 0.406 e. The van der Waals surface area contributed by atoms with Gasteiger partial charge in [0.2, 0.25) is 0 Å². The van der Waals surface area contributed by atoms with Crippen LogP contribution in [0.3, 0.4) is 0 Å². The Morgan fingerprint density at radius 2 is 1.85 bits per heavy atom. The molecule has 0 aliphatic carbocycles. The number of imidazole rings is 1. The summed E-state index contributed by atoms with van der Waals surface area (Å²) in [6, 6.07) is 9.00. The smallest absolute Gasteiger partial charge is 0.310 e. The van der Waals surface area contributed by atoms with E-state index in [-0.39, 0.29) is 5.25 Å². The fraction of sp³-hybridized carbons (Fsp3) is 0.357. The lowest BCUT2D eigenvalue weighted by molar-refractivity contribution is -0.141. The Morgan fingerprint density at radius 3 is 2.40 bits per heavy atom. The molecule has 0 amide bonds. The number of hydrogen-bond acceptors (Lipinski definition) is 2. The van der Waals surface area contributed by atoms with Crippen LogP contribution in [0.2, 0.25) is 0 Å². The lowest BCUT2D eigenvalue weighted by Gasteiger charge is -2.15. The van der Waals surface area contributed by atoms with E-state index in [0.29, 0.717) is 10.9 Å². The molecule has 0 aliphatic rings. The highest BCUT2D eigenvalue weighted by molar-refractivity contribution is 7.99. The predicted octanol–water partition coefficient (Wildman–Crippen LogP) is 4.61. The van der Waals surface area contributed by atoms with Crippen molar-refractivity contribution >= 4 is 11.8 Å². The van der Waals surface area contributed by atoms with E-state index in [1.54, 1.807) is 24.3 Å². The molecule has 0 radical (unpaired) electrons. The van der Waals surface area contributed by atoms with Crippen LogP contribution in [-0.4, -0.2) is 21.0 Å². The number of thioether (sulfide) groups is 1. The fourth-order valence-electron chi connectivity index (χ4n) is 1.84. The van der Waals surface area contributed by atoms with Gasteiger partial charge in [0.15, 0.2) is 5.16 Å². The molecule has 0 unspecified atom stereocenters. The molecule has 2 nitrogen and oxygen atoms in total. The van der Waals surface area contributed by atoms with Gasteiger partial charge in [0.1, 0.15) is 6.54 Å². The Balaban J connectivity index is 2.44. The molecule has 20 heavy (non-hydrogen) atoms. The minimum atomic E-state index is -4.27. The van der Waals surface area contributed by atoms with Crippen molar-refractivity contribution in [3.63, 3.8) is 0 Å². The van der Waals surface area contributed by atoms with Crippen molar-refractivity contribution in [2.24, 2.45) is 0 Å². The summed E-state index contributed by atoms with van der Waals surface area (Å²) in [6.45, 7) is 2.84. The van der Waals surface area contributed by atoms with Crippen LogP contribution in [0.1, 0.15) is 13.8 Å². The first kappa shape index (κ1) is 15.0. The molecule has 108 valence electrons. The van der Waals surface area contributed by atoms with E-state index in [0.717, 1.165) is 5.56 Å². The van der Waals surface area contributed by atoms with Crippen molar-refractivity contribution in [3.05, 3.63) is 36.5 Å². The summed E-state index contributed by atoms with van der Waals surface area (Å²) in [5.41, 5.74) is 1.23. The molecular formula is C14H15F3N2S. The van der Waals surface area contributed by atoms with Crippen LogP contribution in [0.4, 0.5) is 13.2 Å². The Bertz CT molecular complexity index is 562. The second kappa shape index (κ2) is 5.91. The Hall–Kier alpha value is -1.43. The molecule has 2 rings (SSSR count). The van der Waals surface area contributed by atoms with E-state index in [9.17, 15) is 13.2 Å². The Morgan fingerprint density at radius 1 is 1.20 bits per heavy atom. The Labute approximate surface area is 120 Å². The van der Waals surface area contributed by atoms with Gasteiger partial charge in [0.25, 0.3) is 0 Å². The first-order valence-corrected chi connectivity index (χ1v) is 7.09. The van der Waals surface area contributed by atoms with Crippen molar-refractivity contribution in [1.82, 2.24) is 9.55 Å². The predicted molar refractivity (Wildman–Crippen MR) is 74.7 cm³/mol. The van der Waals surface area contributed by atoms with E-state index in [4.69, 9.17) is 0 Å². The average Bonchev–Trinajstić information content (AvgIpc) is 2.71. The highest BCUT2D eigenvalue weighted by Gasteiger charge is 2.30. The number of rotatable bonds is 4. The summed E-state index contributed by atoms with van der Waals surface area (Å²) in [5.74, 6) is 0. The number of halogens is 3. The standard InChI is InChI=1S/C14H15F3N2S/c1-10(2)20-13-18-8-12(11-6-4-3-5-7-11)19(13)9-14(15,16)17/h3-8,10H,9H2,1-2H3. The van der Waals surface area contributed by atoms with Gasteiger partial charge in [0, 0.05) is 5.25 Å². The summed E-state index contributed by atoms with van der Waals surface area (Å²) in [6.07, 6.45) is -2.76. The SMILES string of the molecule is CC(C)Sc1ncc(-c2ccccc2)n1CC(F)(F)F. The highest BCUT2D eigenvalue weighted by atomic mass is 32.2. The molecule has 1 aromatic carbocycles. The number of hydrogen-bond donors (Lipinski definition) is 0. The monoisotopic (exact) mass is 300 g/mol. The second-order valence-corrected chi connectivity index (χ2v) is 6.20. The summed E-state index contributed by atoms with van der Waals surface area (Å²) in [4.78, 5) is 4.14.